The molecule has 1 rings (SSSR count). The maximum absolute atomic E-state index is 10.3. The van der Waals surface area contributed by atoms with Gasteiger partial charge in [-0.1, -0.05) is 6.92 Å². The molecule has 1 aliphatic rings. The van der Waals surface area contributed by atoms with Gasteiger partial charge in [-0.05, 0) is 13.3 Å². The van der Waals surface area contributed by atoms with Crippen LogP contribution in [0.1, 0.15) is 20.3 Å². The Morgan fingerprint density at radius 1 is 1.86 bits per heavy atom. The van der Waals surface area contributed by atoms with Gasteiger partial charge in [0.05, 0.1) is 0 Å². The number of hydrogen-bond acceptors (Lipinski definition) is 1. The second-order valence-corrected chi connectivity index (χ2v) is 2.14. The fourth-order valence-electron chi connectivity index (χ4n) is 0.468. The first-order valence-electron chi connectivity index (χ1n) is 2.51. The zero-order valence-corrected chi connectivity index (χ0v) is 4.62. The van der Waals surface area contributed by atoms with Crippen LogP contribution >= 0.6 is 0 Å². The highest BCUT2D eigenvalue weighted by Gasteiger charge is 2.46. The van der Waals surface area contributed by atoms with Crippen molar-refractivity contribution in [3.63, 3.8) is 0 Å². The van der Waals surface area contributed by atoms with Gasteiger partial charge in [-0.2, -0.15) is 0 Å². The summed E-state index contributed by atoms with van der Waals surface area (Å²) in [4.78, 5) is 10.3. The monoisotopic (exact) mass is 99.1 g/mol. The Labute approximate surface area is 42.9 Å². The quantitative estimate of drug-likeness (QED) is 0.471. The van der Waals surface area contributed by atoms with Gasteiger partial charge in [0.15, 0.2) is 0 Å². The van der Waals surface area contributed by atoms with E-state index in [0.29, 0.717) is 0 Å². The summed E-state index contributed by atoms with van der Waals surface area (Å²) in [5.74, 6) is 0.190. The zero-order valence-electron chi connectivity index (χ0n) is 4.62. The maximum atomic E-state index is 10.3. The second-order valence-electron chi connectivity index (χ2n) is 2.14. The van der Waals surface area contributed by atoms with Gasteiger partial charge >= 0.3 is 0 Å². The third-order valence-corrected chi connectivity index (χ3v) is 1.54. The predicted octanol–water partition coefficient (Wildman–Crippen LogP) is 0.285. The van der Waals surface area contributed by atoms with Crippen molar-refractivity contribution in [2.24, 2.45) is 0 Å². The van der Waals surface area contributed by atoms with Crippen molar-refractivity contribution >= 4 is 5.91 Å². The molecule has 0 saturated carbocycles. The van der Waals surface area contributed by atoms with Gasteiger partial charge < -0.3 is 5.32 Å². The molecule has 2 nitrogen and oxygen atoms in total. The number of carbonyl (C=O) groups is 1. The lowest BCUT2D eigenvalue weighted by Gasteiger charge is -1.91. The molecule has 0 aliphatic carbocycles. The first kappa shape index (κ1) is 4.62. The normalized spacial score (nSPS) is 37.7. The first-order valence-corrected chi connectivity index (χ1v) is 2.51. The molecule has 1 unspecified atom stereocenters. The predicted molar refractivity (Wildman–Crippen MR) is 26.8 cm³/mol. The Morgan fingerprint density at radius 3 is 2.29 bits per heavy atom. The Balaban J connectivity index is 2.52. The fraction of sp³-hybridized carbons (Fsp3) is 0.800. The van der Waals surface area contributed by atoms with Gasteiger partial charge in [-0.15, -0.1) is 0 Å². The van der Waals surface area contributed by atoms with Crippen LogP contribution in [-0.2, 0) is 4.79 Å². The molecule has 1 saturated heterocycles. The van der Waals surface area contributed by atoms with E-state index in [1.807, 2.05) is 13.8 Å². The smallest absolute Gasteiger partial charge is 0.246 e. The summed E-state index contributed by atoms with van der Waals surface area (Å²) in [5, 5.41) is 2.72. The van der Waals surface area contributed by atoms with E-state index >= 15 is 0 Å². The van der Waals surface area contributed by atoms with E-state index in [1.54, 1.807) is 0 Å². The summed E-state index contributed by atoms with van der Waals surface area (Å²) in [6, 6.07) is 0. The van der Waals surface area contributed by atoms with Crippen LogP contribution in [0.4, 0.5) is 0 Å². The van der Waals surface area contributed by atoms with Gasteiger partial charge in [-0.25, -0.2) is 0 Å². The van der Waals surface area contributed by atoms with Crippen molar-refractivity contribution in [2.45, 2.75) is 25.8 Å². The molecule has 0 radical (unpaired) electrons. The average Bonchev–Trinajstić information content (AvgIpc) is 2.18. The molecule has 2 heteroatoms. The van der Waals surface area contributed by atoms with Crippen LogP contribution in [0, 0.1) is 0 Å². The Bertz CT molecular complexity index is 111. The highest BCUT2D eigenvalue weighted by atomic mass is 16.2. The van der Waals surface area contributed by atoms with E-state index in [9.17, 15) is 4.79 Å². The van der Waals surface area contributed by atoms with Crippen molar-refractivity contribution in [3.05, 3.63) is 0 Å². The number of rotatable bonds is 1. The zero-order chi connectivity index (χ0) is 5.49. The summed E-state index contributed by atoms with van der Waals surface area (Å²) >= 11 is 0. The first-order chi connectivity index (χ1) is 3.19. The molecule has 1 amide bonds. The number of nitrogens with one attached hydrogen (secondary N) is 1. The molecule has 7 heavy (non-hydrogen) atoms. The van der Waals surface area contributed by atoms with Crippen molar-refractivity contribution in [1.29, 1.82) is 0 Å². The molecule has 1 N–H and O–H groups in total. The summed E-state index contributed by atoms with van der Waals surface area (Å²) in [5.41, 5.74) is -0.139. The maximum Gasteiger partial charge on any atom is 0.246 e. The molecule has 0 bridgehead atoms. The third kappa shape index (κ3) is 0.501. The SMILES string of the molecule is CCC1(C)NC1=O. The van der Waals surface area contributed by atoms with Crippen LogP contribution in [0.25, 0.3) is 0 Å². The van der Waals surface area contributed by atoms with Crippen molar-refractivity contribution in [3.8, 4) is 0 Å². The van der Waals surface area contributed by atoms with Crippen LogP contribution in [-0.4, -0.2) is 11.4 Å². The van der Waals surface area contributed by atoms with Crippen molar-refractivity contribution in [1.82, 2.24) is 5.32 Å². The van der Waals surface area contributed by atoms with Gasteiger partial charge in [0.25, 0.3) is 0 Å². The Kier molecular flexibility index (Phi) is 0.659. The molecule has 40 valence electrons. The van der Waals surface area contributed by atoms with Crippen molar-refractivity contribution in [2.75, 3.05) is 0 Å². The van der Waals surface area contributed by atoms with E-state index in [-0.39, 0.29) is 11.4 Å². The standard InChI is InChI=1S/C5H9NO/c1-3-5(2)4(7)6-5/h3H2,1-2H3,(H,6,7). The van der Waals surface area contributed by atoms with Gasteiger partial charge in [0, 0.05) is 0 Å². The van der Waals surface area contributed by atoms with Crippen molar-refractivity contribution < 1.29 is 4.79 Å². The fourth-order valence-corrected chi connectivity index (χ4v) is 0.468. The molecule has 0 aromatic heterocycles. The Hall–Kier alpha value is -0.530. The molecule has 0 aromatic rings. The van der Waals surface area contributed by atoms with E-state index in [4.69, 9.17) is 0 Å². The van der Waals surface area contributed by atoms with Crippen LogP contribution in [0.15, 0.2) is 0 Å². The molecule has 0 aromatic carbocycles. The molecule has 1 fully saturated rings. The topological polar surface area (TPSA) is 39.0 Å². The van der Waals surface area contributed by atoms with Gasteiger partial charge in [-0.3, -0.25) is 4.79 Å². The molecular formula is C5H9NO. The average molecular weight is 99.1 g/mol. The minimum atomic E-state index is -0.139. The summed E-state index contributed by atoms with van der Waals surface area (Å²) < 4.78 is 0. The van der Waals surface area contributed by atoms with E-state index in [2.05, 4.69) is 5.32 Å². The molecule has 1 heterocycles. The lowest BCUT2D eigenvalue weighted by atomic mass is 10.1. The molecular weight excluding hydrogens is 90.1 g/mol. The molecule has 1 aliphatic heterocycles. The van der Waals surface area contributed by atoms with Crippen LogP contribution < -0.4 is 5.32 Å². The number of carbonyl (C=O) groups excluding carboxylic acids is 1. The van der Waals surface area contributed by atoms with Gasteiger partial charge in [0.2, 0.25) is 5.91 Å². The van der Waals surface area contributed by atoms with Gasteiger partial charge in [0.1, 0.15) is 5.54 Å². The van der Waals surface area contributed by atoms with E-state index < -0.39 is 0 Å². The molecule has 1 atom stereocenters. The minimum absolute atomic E-state index is 0.139. The third-order valence-electron chi connectivity index (χ3n) is 1.54. The number of amides is 1. The van der Waals surface area contributed by atoms with E-state index in [0.717, 1.165) is 6.42 Å². The summed E-state index contributed by atoms with van der Waals surface area (Å²) in [6.07, 6.45) is 0.909. The summed E-state index contributed by atoms with van der Waals surface area (Å²) in [7, 11) is 0. The van der Waals surface area contributed by atoms with Crippen LogP contribution in [0.2, 0.25) is 0 Å². The molecule has 0 spiro atoms. The van der Waals surface area contributed by atoms with Crippen LogP contribution in [0.5, 0.6) is 0 Å². The largest absolute Gasteiger partial charge is 0.340 e. The highest BCUT2D eigenvalue weighted by Crippen LogP contribution is 2.20. The summed E-state index contributed by atoms with van der Waals surface area (Å²) in [6.45, 7) is 3.91. The Morgan fingerprint density at radius 2 is 2.29 bits per heavy atom. The highest BCUT2D eigenvalue weighted by molar-refractivity contribution is 6.01. The lowest BCUT2D eigenvalue weighted by molar-refractivity contribution is -0.111. The van der Waals surface area contributed by atoms with Crippen LogP contribution in [0.3, 0.4) is 0 Å². The minimum Gasteiger partial charge on any atom is -0.340 e. The second kappa shape index (κ2) is 0.997. The lowest BCUT2D eigenvalue weighted by Crippen LogP contribution is -2.06. The van der Waals surface area contributed by atoms with E-state index in [1.165, 1.54) is 0 Å². The number of hydrogen-bond donors (Lipinski definition) is 1.